The molecule has 6 nitrogen and oxygen atoms in total. The lowest BCUT2D eigenvalue weighted by atomic mass is 10.0. The Morgan fingerprint density at radius 1 is 0.963 bits per heavy atom. The summed E-state index contributed by atoms with van der Waals surface area (Å²) in [6.07, 6.45) is 5.13. The van der Waals surface area contributed by atoms with E-state index in [1.165, 1.54) is 0 Å². The number of nitrogens with zero attached hydrogens (tertiary/aromatic N) is 4. The first kappa shape index (κ1) is 15.5. The van der Waals surface area contributed by atoms with Gasteiger partial charge in [0, 0.05) is 18.0 Å². The van der Waals surface area contributed by atoms with Gasteiger partial charge < -0.3 is 0 Å². The summed E-state index contributed by atoms with van der Waals surface area (Å²) in [5.74, 6) is 0. The van der Waals surface area contributed by atoms with E-state index in [2.05, 4.69) is 33.2 Å². The molecule has 0 saturated heterocycles. The minimum Gasteiger partial charge on any atom is -0.289 e. The number of aromatic amines is 1. The first-order valence-electron chi connectivity index (χ1n) is 8.62. The van der Waals surface area contributed by atoms with Gasteiger partial charge in [0.05, 0.1) is 18.4 Å². The smallest absolute Gasteiger partial charge is 0.289 e. The van der Waals surface area contributed by atoms with Crippen LogP contribution in [0.15, 0.2) is 78.0 Å². The second kappa shape index (κ2) is 6.17. The average Bonchev–Trinajstić information content (AvgIpc) is 3.03. The maximum absolute atomic E-state index is 12.4. The highest BCUT2D eigenvalue weighted by molar-refractivity contribution is 5.96. The van der Waals surface area contributed by atoms with Gasteiger partial charge in [-0.25, -0.2) is 14.8 Å². The fourth-order valence-electron chi connectivity index (χ4n) is 3.32. The van der Waals surface area contributed by atoms with Gasteiger partial charge in [-0.3, -0.25) is 14.5 Å². The number of benzene rings is 2. The molecule has 0 unspecified atom stereocenters. The van der Waals surface area contributed by atoms with Crippen LogP contribution in [-0.2, 0) is 6.54 Å². The Morgan fingerprint density at radius 3 is 2.67 bits per heavy atom. The van der Waals surface area contributed by atoms with Crippen LogP contribution >= 0.6 is 0 Å². The lowest BCUT2D eigenvalue weighted by molar-refractivity contribution is 0.777. The highest BCUT2D eigenvalue weighted by atomic mass is 16.1. The molecule has 0 aliphatic heterocycles. The number of fused-ring (bicyclic) bond motifs is 2. The van der Waals surface area contributed by atoms with E-state index < -0.39 is 0 Å². The minimum absolute atomic E-state index is 0.225. The molecule has 0 amide bonds. The molecule has 1 N–H and O–H groups in total. The predicted octanol–water partition coefficient (Wildman–Crippen LogP) is 3.38. The summed E-state index contributed by atoms with van der Waals surface area (Å²) in [6, 6.07) is 18.0. The predicted molar refractivity (Wildman–Crippen MR) is 104 cm³/mol. The van der Waals surface area contributed by atoms with Gasteiger partial charge in [-0.05, 0) is 28.5 Å². The summed E-state index contributed by atoms with van der Waals surface area (Å²) >= 11 is 0. The van der Waals surface area contributed by atoms with E-state index in [1.54, 1.807) is 23.2 Å². The number of aromatic nitrogens is 5. The van der Waals surface area contributed by atoms with Crippen LogP contribution in [0.1, 0.15) is 5.56 Å². The van der Waals surface area contributed by atoms with Gasteiger partial charge in [0.1, 0.15) is 0 Å². The van der Waals surface area contributed by atoms with Gasteiger partial charge in [0.15, 0.2) is 11.3 Å². The summed E-state index contributed by atoms with van der Waals surface area (Å²) < 4.78 is 1.60. The number of hydrogen-bond donors (Lipinski definition) is 1. The number of hydrogen-bond acceptors (Lipinski definition) is 4. The molecule has 0 aliphatic rings. The molecule has 0 spiro atoms. The second-order valence-electron chi connectivity index (χ2n) is 6.33. The van der Waals surface area contributed by atoms with E-state index in [4.69, 9.17) is 4.98 Å². The number of rotatable bonds is 3. The minimum atomic E-state index is -0.225. The fourth-order valence-corrected chi connectivity index (χ4v) is 3.32. The number of H-pyrrole nitrogens is 1. The molecule has 5 aromatic rings. The van der Waals surface area contributed by atoms with Crippen LogP contribution in [0.2, 0.25) is 0 Å². The third kappa shape index (κ3) is 2.67. The summed E-state index contributed by atoms with van der Waals surface area (Å²) in [7, 11) is 0. The zero-order valence-electron chi connectivity index (χ0n) is 14.3. The number of pyridine rings is 1. The maximum Gasteiger partial charge on any atom is 0.329 e. The molecular weight excluding hydrogens is 338 g/mol. The molecule has 0 aliphatic carbocycles. The molecular formula is C21H15N5O. The fraction of sp³-hybridized carbons (Fsp3) is 0.0476. The first-order chi connectivity index (χ1) is 13.3. The van der Waals surface area contributed by atoms with Crippen molar-refractivity contribution in [2.75, 3.05) is 0 Å². The maximum atomic E-state index is 12.4. The average molecular weight is 353 g/mol. The Bertz CT molecular complexity index is 1320. The molecule has 6 heteroatoms. The normalized spacial score (nSPS) is 11.3. The van der Waals surface area contributed by atoms with Crippen molar-refractivity contribution in [2.45, 2.75) is 6.54 Å². The van der Waals surface area contributed by atoms with Crippen molar-refractivity contribution < 1.29 is 0 Å². The molecule has 0 fully saturated rings. The van der Waals surface area contributed by atoms with E-state index in [9.17, 15) is 4.79 Å². The van der Waals surface area contributed by atoms with E-state index in [0.29, 0.717) is 17.8 Å². The van der Waals surface area contributed by atoms with E-state index in [-0.39, 0.29) is 5.69 Å². The molecule has 27 heavy (non-hydrogen) atoms. The van der Waals surface area contributed by atoms with Gasteiger partial charge >= 0.3 is 5.69 Å². The third-order valence-electron chi connectivity index (χ3n) is 4.64. The SMILES string of the molecule is O=c1[nH]c2ncc(-c3cccc4ccccc34)nc2n1Cc1ccncc1. The van der Waals surface area contributed by atoms with Crippen molar-refractivity contribution in [1.82, 2.24) is 24.5 Å². The van der Waals surface area contributed by atoms with Crippen LogP contribution < -0.4 is 5.69 Å². The van der Waals surface area contributed by atoms with E-state index in [1.807, 2.05) is 36.4 Å². The Labute approximate surface area is 154 Å². The summed E-state index contributed by atoms with van der Waals surface area (Å²) in [5.41, 5.74) is 3.51. The molecule has 3 aromatic heterocycles. The topological polar surface area (TPSA) is 76.5 Å². The molecule has 0 atom stereocenters. The van der Waals surface area contributed by atoms with Gasteiger partial charge in [0.25, 0.3) is 0 Å². The van der Waals surface area contributed by atoms with Crippen molar-refractivity contribution >= 4 is 22.1 Å². The second-order valence-corrected chi connectivity index (χ2v) is 6.33. The molecule has 130 valence electrons. The van der Waals surface area contributed by atoms with Crippen molar-refractivity contribution in [3.05, 3.63) is 89.2 Å². The third-order valence-corrected chi connectivity index (χ3v) is 4.64. The Morgan fingerprint density at radius 2 is 1.78 bits per heavy atom. The molecule has 0 radical (unpaired) electrons. The summed E-state index contributed by atoms with van der Waals surface area (Å²) in [4.78, 5) is 28.4. The van der Waals surface area contributed by atoms with Gasteiger partial charge in [0.2, 0.25) is 0 Å². The lowest BCUT2D eigenvalue weighted by Gasteiger charge is -2.07. The van der Waals surface area contributed by atoms with E-state index >= 15 is 0 Å². The van der Waals surface area contributed by atoms with Gasteiger partial charge in [-0.2, -0.15) is 0 Å². The number of imidazole rings is 1. The lowest BCUT2D eigenvalue weighted by Crippen LogP contribution is -2.17. The van der Waals surface area contributed by atoms with Crippen LogP contribution in [0.4, 0.5) is 0 Å². The molecule has 3 heterocycles. The van der Waals surface area contributed by atoms with Crippen LogP contribution in [0.5, 0.6) is 0 Å². The zero-order valence-corrected chi connectivity index (χ0v) is 14.3. The van der Waals surface area contributed by atoms with E-state index in [0.717, 1.165) is 27.6 Å². The molecule has 5 rings (SSSR count). The molecule has 0 bridgehead atoms. The summed E-state index contributed by atoms with van der Waals surface area (Å²) in [5, 5.41) is 2.24. The Kier molecular flexibility index (Phi) is 3.53. The van der Waals surface area contributed by atoms with Crippen LogP contribution in [0.3, 0.4) is 0 Å². The van der Waals surface area contributed by atoms with Crippen LogP contribution in [0, 0.1) is 0 Å². The molecule has 2 aromatic carbocycles. The van der Waals surface area contributed by atoms with Crippen molar-refractivity contribution in [3.8, 4) is 11.3 Å². The largest absolute Gasteiger partial charge is 0.329 e. The monoisotopic (exact) mass is 353 g/mol. The highest BCUT2D eigenvalue weighted by Gasteiger charge is 2.13. The first-order valence-corrected chi connectivity index (χ1v) is 8.62. The standard InChI is InChI=1S/C21H15N5O/c27-21-25-19-20(26(21)13-14-8-10-22-11-9-14)24-18(12-23-19)17-7-3-5-15-4-1-2-6-16(15)17/h1-12H,13H2,(H,23,25,27). The van der Waals surface area contributed by atoms with Crippen LogP contribution in [0.25, 0.3) is 33.3 Å². The van der Waals surface area contributed by atoms with Gasteiger partial charge in [-0.15, -0.1) is 0 Å². The van der Waals surface area contributed by atoms with Crippen LogP contribution in [-0.4, -0.2) is 24.5 Å². The zero-order chi connectivity index (χ0) is 18.2. The van der Waals surface area contributed by atoms with Crippen molar-refractivity contribution in [1.29, 1.82) is 0 Å². The van der Waals surface area contributed by atoms with Crippen molar-refractivity contribution in [3.63, 3.8) is 0 Å². The quantitative estimate of drug-likeness (QED) is 0.539. The Balaban J connectivity index is 1.69. The van der Waals surface area contributed by atoms with Crippen molar-refractivity contribution in [2.24, 2.45) is 0 Å². The summed E-state index contributed by atoms with van der Waals surface area (Å²) in [6.45, 7) is 0.412. The number of nitrogens with one attached hydrogen (secondary N) is 1. The Hall–Kier alpha value is -3.80. The molecule has 0 saturated carbocycles. The van der Waals surface area contributed by atoms with Gasteiger partial charge in [-0.1, -0.05) is 42.5 Å². The highest BCUT2D eigenvalue weighted by Crippen LogP contribution is 2.27.